The average Bonchev–Trinajstić information content (AvgIpc) is 2.45. The van der Waals surface area contributed by atoms with Crippen molar-refractivity contribution in [1.29, 1.82) is 0 Å². The fraction of sp³-hybridized carbons (Fsp3) is 0.667. The highest BCUT2D eigenvalue weighted by atomic mass is 79.9. The summed E-state index contributed by atoms with van der Waals surface area (Å²) in [6.07, 6.45) is 4.23. The molecule has 0 aromatic heterocycles. The first kappa shape index (κ1) is 15.5. The maximum Gasteiger partial charge on any atom is 0.0208 e. The molecule has 3 heteroatoms. The zero-order chi connectivity index (χ0) is 14.8. The van der Waals surface area contributed by atoms with Gasteiger partial charge in [-0.2, -0.15) is 0 Å². The monoisotopic (exact) mass is 350 g/mol. The fourth-order valence-corrected chi connectivity index (χ4v) is 4.33. The van der Waals surface area contributed by atoms with Crippen LogP contribution in [0.2, 0.25) is 0 Å². The Morgan fingerprint density at radius 3 is 2.33 bits per heavy atom. The lowest BCUT2D eigenvalue weighted by molar-refractivity contribution is 0.0290. The van der Waals surface area contributed by atoms with Gasteiger partial charge in [-0.25, -0.2) is 0 Å². The summed E-state index contributed by atoms with van der Waals surface area (Å²) in [7, 11) is 0. The summed E-state index contributed by atoms with van der Waals surface area (Å²) in [5.74, 6) is 1.69. The summed E-state index contributed by atoms with van der Waals surface area (Å²) in [5, 5.41) is 3.88. The van der Waals surface area contributed by atoms with Crippen LogP contribution >= 0.6 is 15.9 Å². The number of nitrogens with one attached hydrogen (secondary N) is 1. The van der Waals surface area contributed by atoms with Crippen molar-refractivity contribution in [2.24, 2.45) is 11.8 Å². The number of benzene rings is 1. The lowest BCUT2D eigenvalue weighted by Gasteiger charge is -2.49. The number of likely N-dealkylation sites (tertiary alicyclic amines) is 1. The van der Waals surface area contributed by atoms with E-state index >= 15 is 0 Å². The molecule has 2 bridgehead atoms. The summed E-state index contributed by atoms with van der Waals surface area (Å²) >= 11 is 3.51. The topological polar surface area (TPSA) is 15.3 Å². The highest BCUT2D eigenvalue weighted by molar-refractivity contribution is 9.10. The summed E-state index contributed by atoms with van der Waals surface area (Å²) in [6, 6.07) is 10.1. The molecule has 3 rings (SSSR count). The maximum atomic E-state index is 3.88. The van der Waals surface area contributed by atoms with Crippen molar-refractivity contribution in [2.45, 2.75) is 51.7 Å². The third-order valence-corrected chi connectivity index (χ3v) is 5.82. The molecular formula is C18H27BrN2. The van der Waals surface area contributed by atoms with Crippen LogP contribution in [-0.4, -0.2) is 30.1 Å². The number of halogens is 1. The molecule has 2 aliphatic rings. The maximum absolute atomic E-state index is 3.88. The van der Waals surface area contributed by atoms with E-state index in [1.807, 2.05) is 0 Å². The first-order chi connectivity index (χ1) is 10.1. The van der Waals surface area contributed by atoms with Crippen molar-refractivity contribution >= 4 is 15.9 Å². The molecule has 1 heterocycles. The van der Waals surface area contributed by atoms with Crippen LogP contribution < -0.4 is 5.32 Å². The normalized spacial score (nSPS) is 29.8. The summed E-state index contributed by atoms with van der Waals surface area (Å²) in [4.78, 5) is 2.69. The molecule has 1 aliphatic heterocycles. The molecule has 116 valence electrons. The zero-order valence-corrected chi connectivity index (χ0v) is 14.8. The Labute approximate surface area is 137 Å². The predicted molar refractivity (Wildman–Crippen MR) is 92.3 cm³/mol. The number of nitrogens with zero attached hydrogens (tertiary/aromatic N) is 1. The van der Waals surface area contributed by atoms with Gasteiger partial charge in [0.2, 0.25) is 0 Å². The number of rotatable bonds is 4. The minimum atomic E-state index is 0.695. The Hall–Kier alpha value is -0.380. The van der Waals surface area contributed by atoms with Crippen molar-refractivity contribution in [1.82, 2.24) is 10.2 Å². The van der Waals surface area contributed by atoms with Crippen molar-refractivity contribution in [3.63, 3.8) is 0 Å². The van der Waals surface area contributed by atoms with Crippen molar-refractivity contribution in [3.05, 3.63) is 34.3 Å². The number of hydrogen-bond donors (Lipinski definition) is 1. The van der Waals surface area contributed by atoms with E-state index in [2.05, 4.69) is 64.3 Å². The molecule has 2 unspecified atom stereocenters. The molecule has 0 amide bonds. The smallest absolute Gasteiger partial charge is 0.0208 e. The molecule has 2 fully saturated rings. The molecule has 21 heavy (non-hydrogen) atoms. The lowest BCUT2D eigenvalue weighted by Crippen LogP contribution is -2.58. The van der Waals surface area contributed by atoms with E-state index in [1.165, 1.54) is 37.9 Å². The van der Waals surface area contributed by atoms with Crippen molar-refractivity contribution < 1.29 is 0 Å². The van der Waals surface area contributed by atoms with Gasteiger partial charge >= 0.3 is 0 Å². The minimum absolute atomic E-state index is 0.695. The van der Waals surface area contributed by atoms with E-state index in [-0.39, 0.29) is 0 Å². The molecule has 0 radical (unpaired) electrons. The number of fused-ring (bicyclic) bond motifs is 2. The Balaban J connectivity index is 1.61. The second-order valence-electron chi connectivity index (χ2n) is 7.03. The Morgan fingerprint density at radius 1 is 1.14 bits per heavy atom. The van der Waals surface area contributed by atoms with Crippen molar-refractivity contribution in [3.8, 4) is 0 Å². The standard InChI is InChI=1S/C18H27BrN2/c1-13(2)21-11-15-4-3-5-16(12-21)18(15)20-10-14-6-8-17(19)9-7-14/h6-9,13,15-16,18,20H,3-5,10-12H2,1-2H3. The summed E-state index contributed by atoms with van der Waals surface area (Å²) in [5.41, 5.74) is 1.39. The third kappa shape index (κ3) is 3.69. The average molecular weight is 351 g/mol. The van der Waals surface area contributed by atoms with Crippen LogP contribution in [0.15, 0.2) is 28.7 Å². The summed E-state index contributed by atoms with van der Waals surface area (Å²) < 4.78 is 1.16. The van der Waals surface area contributed by atoms with Gasteiger partial charge in [-0.1, -0.05) is 34.5 Å². The Kier molecular flexibility index (Phi) is 5.03. The second kappa shape index (κ2) is 6.80. The SMILES string of the molecule is CC(C)N1CC2CCCC(C1)C2NCc1ccc(Br)cc1. The first-order valence-electron chi connectivity index (χ1n) is 8.35. The molecule has 1 aromatic carbocycles. The van der Waals surface area contributed by atoms with Crippen LogP contribution in [0, 0.1) is 11.8 Å². The molecule has 1 aliphatic carbocycles. The Morgan fingerprint density at radius 2 is 1.76 bits per heavy atom. The van der Waals surface area contributed by atoms with Gasteiger partial charge in [-0.05, 0) is 56.2 Å². The molecule has 1 saturated carbocycles. The van der Waals surface area contributed by atoms with Crippen molar-refractivity contribution in [2.75, 3.05) is 13.1 Å². The second-order valence-corrected chi connectivity index (χ2v) is 7.95. The fourth-order valence-electron chi connectivity index (χ4n) is 4.07. The van der Waals surface area contributed by atoms with Gasteiger partial charge in [-0.15, -0.1) is 0 Å². The largest absolute Gasteiger partial charge is 0.309 e. The lowest BCUT2D eigenvalue weighted by atomic mass is 9.73. The van der Waals surface area contributed by atoms with E-state index in [0.29, 0.717) is 6.04 Å². The molecule has 0 spiro atoms. The zero-order valence-electron chi connectivity index (χ0n) is 13.2. The number of piperidine rings is 1. The highest BCUT2D eigenvalue weighted by Crippen LogP contribution is 2.35. The Bertz CT molecular complexity index is 443. The number of hydrogen-bond acceptors (Lipinski definition) is 2. The van der Waals surface area contributed by atoms with E-state index in [9.17, 15) is 0 Å². The van der Waals surface area contributed by atoms with Gasteiger partial charge in [-0.3, -0.25) is 0 Å². The van der Waals surface area contributed by atoms with E-state index in [4.69, 9.17) is 0 Å². The van der Waals surface area contributed by atoms with E-state index < -0.39 is 0 Å². The van der Waals surface area contributed by atoms with E-state index in [0.717, 1.165) is 28.9 Å². The molecular weight excluding hydrogens is 324 g/mol. The molecule has 1 aromatic rings. The van der Waals surface area contributed by atoms with Crippen LogP contribution in [0.1, 0.15) is 38.7 Å². The minimum Gasteiger partial charge on any atom is -0.309 e. The predicted octanol–water partition coefficient (Wildman–Crippen LogP) is 4.05. The van der Waals surface area contributed by atoms with Gasteiger partial charge < -0.3 is 10.2 Å². The van der Waals surface area contributed by atoms with Crippen LogP contribution in [0.25, 0.3) is 0 Å². The third-order valence-electron chi connectivity index (χ3n) is 5.29. The molecule has 1 saturated heterocycles. The van der Waals surface area contributed by atoms with Gasteiger partial charge in [0, 0.05) is 36.2 Å². The van der Waals surface area contributed by atoms with Crippen LogP contribution in [-0.2, 0) is 6.54 Å². The van der Waals surface area contributed by atoms with Gasteiger partial charge in [0.25, 0.3) is 0 Å². The van der Waals surface area contributed by atoms with Gasteiger partial charge in [0.05, 0.1) is 0 Å². The quantitative estimate of drug-likeness (QED) is 0.881. The van der Waals surface area contributed by atoms with Crippen LogP contribution in [0.3, 0.4) is 0 Å². The van der Waals surface area contributed by atoms with Gasteiger partial charge in [0.15, 0.2) is 0 Å². The summed E-state index contributed by atoms with van der Waals surface area (Å²) in [6.45, 7) is 8.25. The van der Waals surface area contributed by atoms with Crippen LogP contribution in [0.4, 0.5) is 0 Å². The molecule has 2 atom stereocenters. The first-order valence-corrected chi connectivity index (χ1v) is 9.14. The van der Waals surface area contributed by atoms with E-state index in [1.54, 1.807) is 0 Å². The van der Waals surface area contributed by atoms with Gasteiger partial charge in [0.1, 0.15) is 0 Å². The highest BCUT2D eigenvalue weighted by Gasteiger charge is 2.39. The molecule has 1 N–H and O–H groups in total. The van der Waals surface area contributed by atoms with Crippen LogP contribution in [0.5, 0.6) is 0 Å². The molecule has 2 nitrogen and oxygen atoms in total.